The summed E-state index contributed by atoms with van der Waals surface area (Å²) in [6, 6.07) is 0. The van der Waals surface area contributed by atoms with E-state index in [0.717, 1.165) is 37.5 Å². The molecule has 0 radical (unpaired) electrons. The van der Waals surface area contributed by atoms with Gasteiger partial charge in [-0.1, -0.05) is 13.8 Å². The Hall–Kier alpha value is -0.410. The van der Waals surface area contributed by atoms with Gasteiger partial charge in [-0.25, -0.2) is 0 Å². The second-order valence-corrected chi connectivity index (χ2v) is 10.5. The van der Waals surface area contributed by atoms with Crippen LogP contribution in [0.15, 0.2) is 0 Å². The minimum Gasteiger partial charge on any atom is -0.390 e. The molecule has 0 saturated heterocycles. The lowest BCUT2D eigenvalue weighted by atomic mass is 9.44. The number of Topliss-reactive ketones (excluding diaryl/α,β-unsaturated/α-hetero) is 1. The third-order valence-corrected chi connectivity index (χ3v) is 9.58. The van der Waals surface area contributed by atoms with Gasteiger partial charge in [-0.3, -0.25) is 4.79 Å². The first kappa shape index (κ1) is 18.0. The van der Waals surface area contributed by atoms with E-state index in [-0.39, 0.29) is 16.7 Å². The standard InChI is InChI=1S/C22H36O3/c1-20-12-14(13-25-4)19(23)11-15(20)5-6-16-17(20)7-9-21(2)18(16)8-10-22(21,3)24/h14-18,24H,5-13H2,1-4H3/t14-,15-,16-,17+,18+,20+,21+,22-/m1/s1. The Morgan fingerprint density at radius 1 is 1.08 bits per heavy atom. The van der Waals surface area contributed by atoms with Crippen LogP contribution in [0.3, 0.4) is 0 Å². The SMILES string of the molecule is COC[C@H]1C[C@@]2(C)[C@H](CC[C@@H]3[C@@H]2CC[C@@]2(C)[C@H]3CC[C@@]2(C)O)CC1=O. The number of carbonyl (C=O) groups excluding carboxylic acids is 1. The van der Waals surface area contributed by atoms with Gasteiger partial charge >= 0.3 is 0 Å². The number of rotatable bonds is 2. The monoisotopic (exact) mass is 348 g/mol. The molecule has 4 fully saturated rings. The maximum atomic E-state index is 12.5. The Kier molecular flexibility index (Phi) is 4.16. The fraction of sp³-hybridized carbons (Fsp3) is 0.955. The van der Waals surface area contributed by atoms with E-state index in [9.17, 15) is 9.90 Å². The highest BCUT2D eigenvalue weighted by molar-refractivity contribution is 5.82. The van der Waals surface area contributed by atoms with Gasteiger partial charge in [-0.2, -0.15) is 0 Å². The minimum absolute atomic E-state index is 0.0911. The van der Waals surface area contributed by atoms with E-state index in [0.29, 0.717) is 24.2 Å². The van der Waals surface area contributed by atoms with Gasteiger partial charge in [0, 0.05) is 19.4 Å². The molecule has 0 aromatic rings. The Labute approximate surface area is 152 Å². The molecule has 0 aromatic heterocycles. The van der Waals surface area contributed by atoms with E-state index in [1.807, 2.05) is 0 Å². The van der Waals surface area contributed by atoms with Gasteiger partial charge in [0.15, 0.2) is 0 Å². The zero-order valence-corrected chi connectivity index (χ0v) is 16.5. The number of fused-ring (bicyclic) bond motifs is 5. The number of methoxy groups -OCH3 is 1. The van der Waals surface area contributed by atoms with E-state index in [1.54, 1.807) is 7.11 Å². The number of carbonyl (C=O) groups is 1. The maximum absolute atomic E-state index is 12.5. The molecule has 0 spiro atoms. The van der Waals surface area contributed by atoms with E-state index < -0.39 is 5.60 Å². The van der Waals surface area contributed by atoms with Gasteiger partial charge in [-0.05, 0) is 86.4 Å². The van der Waals surface area contributed by atoms with Gasteiger partial charge in [0.2, 0.25) is 0 Å². The van der Waals surface area contributed by atoms with Crippen LogP contribution in [0.1, 0.15) is 72.1 Å². The van der Waals surface area contributed by atoms with Crippen LogP contribution >= 0.6 is 0 Å². The molecule has 4 rings (SSSR count). The van der Waals surface area contributed by atoms with Gasteiger partial charge in [0.05, 0.1) is 12.2 Å². The Morgan fingerprint density at radius 2 is 1.80 bits per heavy atom. The predicted molar refractivity (Wildman–Crippen MR) is 98.1 cm³/mol. The molecule has 4 aliphatic rings. The highest BCUT2D eigenvalue weighted by Gasteiger charge is 2.63. The van der Waals surface area contributed by atoms with Crippen LogP contribution in [0.25, 0.3) is 0 Å². The van der Waals surface area contributed by atoms with Crippen molar-refractivity contribution in [2.75, 3.05) is 13.7 Å². The molecule has 4 aliphatic carbocycles. The van der Waals surface area contributed by atoms with Gasteiger partial charge < -0.3 is 9.84 Å². The molecule has 0 aromatic carbocycles. The summed E-state index contributed by atoms with van der Waals surface area (Å²) in [5, 5.41) is 11.0. The lowest BCUT2D eigenvalue weighted by Gasteiger charge is -2.61. The Balaban J connectivity index is 1.62. The van der Waals surface area contributed by atoms with Crippen LogP contribution in [0.5, 0.6) is 0 Å². The number of aliphatic hydroxyl groups is 1. The number of hydrogen-bond donors (Lipinski definition) is 1. The molecule has 3 nitrogen and oxygen atoms in total. The minimum atomic E-state index is -0.499. The summed E-state index contributed by atoms with van der Waals surface area (Å²) < 4.78 is 5.37. The summed E-state index contributed by atoms with van der Waals surface area (Å²) in [5.41, 5.74) is -0.120. The van der Waals surface area contributed by atoms with E-state index in [2.05, 4.69) is 20.8 Å². The first-order valence-corrected chi connectivity index (χ1v) is 10.5. The molecule has 0 aliphatic heterocycles. The highest BCUT2D eigenvalue weighted by Crippen LogP contribution is 2.68. The number of ketones is 1. The summed E-state index contributed by atoms with van der Waals surface area (Å²) in [6.07, 6.45) is 8.79. The lowest BCUT2D eigenvalue weighted by Crippen LogP contribution is -2.57. The first-order valence-electron chi connectivity index (χ1n) is 10.5. The Bertz CT molecular complexity index is 555. The summed E-state index contributed by atoms with van der Waals surface area (Å²) in [4.78, 5) is 12.5. The average Bonchev–Trinajstić information content (AvgIpc) is 2.79. The normalized spacial score (nSPS) is 55.4. The van der Waals surface area contributed by atoms with Crippen LogP contribution in [0, 0.1) is 40.4 Å². The van der Waals surface area contributed by atoms with Gasteiger partial charge in [0.25, 0.3) is 0 Å². The van der Waals surface area contributed by atoms with Crippen LogP contribution in [0.4, 0.5) is 0 Å². The van der Waals surface area contributed by atoms with Crippen molar-refractivity contribution in [1.29, 1.82) is 0 Å². The molecule has 0 heterocycles. The molecule has 8 atom stereocenters. The molecule has 0 unspecified atom stereocenters. The highest BCUT2D eigenvalue weighted by atomic mass is 16.5. The van der Waals surface area contributed by atoms with Crippen molar-refractivity contribution in [2.45, 2.75) is 77.7 Å². The molecular formula is C22H36O3. The molecule has 1 N–H and O–H groups in total. The van der Waals surface area contributed by atoms with Crippen molar-refractivity contribution in [3.8, 4) is 0 Å². The van der Waals surface area contributed by atoms with Crippen LogP contribution in [0.2, 0.25) is 0 Å². The smallest absolute Gasteiger partial charge is 0.138 e. The van der Waals surface area contributed by atoms with Crippen molar-refractivity contribution in [2.24, 2.45) is 40.4 Å². The number of ether oxygens (including phenoxy) is 1. The largest absolute Gasteiger partial charge is 0.390 e. The van der Waals surface area contributed by atoms with E-state index in [1.165, 1.54) is 25.7 Å². The van der Waals surface area contributed by atoms with Crippen LogP contribution in [-0.4, -0.2) is 30.2 Å². The summed E-state index contributed by atoms with van der Waals surface area (Å²) >= 11 is 0. The third-order valence-electron chi connectivity index (χ3n) is 9.58. The molecule has 3 heteroatoms. The second kappa shape index (κ2) is 5.79. The van der Waals surface area contributed by atoms with E-state index >= 15 is 0 Å². The fourth-order valence-electron chi connectivity index (χ4n) is 7.84. The molecule has 0 amide bonds. The van der Waals surface area contributed by atoms with Gasteiger partial charge in [0.1, 0.15) is 5.78 Å². The maximum Gasteiger partial charge on any atom is 0.138 e. The quantitative estimate of drug-likeness (QED) is 0.812. The molecule has 0 bridgehead atoms. The number of hydrogen-bond acceptors (Lipinski definition) is 3. The molecular weight excluding hydrogens is 312 g/mol. The zero-order valence-electron chi connectivity index (χ0n) is 16.5. The lowest BCUT2D eigenvalue weighted by molar-refractivity contribution is -0.161. The van der Waals surface area contributed by atoms with Crippen molar-refractivity contribution in [3.05, 3.63) is 0 Å². The average molecular weight is 349 g/mol. The predicted octanol–water partition coefficient (Wildman–Crippen LogP) is 4.22. The zero-order chi connectivity index (χ0) is 18.0. The Morgan fingerprint density at radius 3 is 2.52 bits per heavy atom. The first-order chi connectivity index (χ1) is 11.7. The van der Waals surface area contributed by atoms with Crippen molar-refractivity contribution in [1.82, 2.24) is 0 Å². The topological polar surface area (TPSA) is 46.5 Å². The summed E-state index contributed by atoms with van der Waals surface area (Å²) in [5.74, 6) is 3.24. The van der Waals surface area contributed by atoms with Crippen LogP contribution in [-0.2, 0) is 9.53 Å². The van der Waals surface area contributed by atoms with Crippen molar-refractivity contribution in [3.63, 3.8) is 0 Å². The molecule has 142 valence electrons. The van der Waals surface area contributed by atoms with Gasteiger partial charge in [-0.15, -0.1) is 0 Å². The van der Waals surface area contributed by atoms with E-state index in [4.69, 9.17) is 4.74 Å². The molecule has 25 heavy (non-hydrogen) atoms. The fourth-order valence-corrected chi connectivity index (χ4v) is 7.84. The summed E-state index contributed by atoms with van der Waals surface area (Å²) in [7, 11) is 1.72. The van der Waals surface area contributed by atoms with Crippen molar-refractivity contribution < 1.29 is 14.6 Å². The summed E-state index contributed by atoms with van der Waals surface area (Å²) in [6.45, 7) is 7.51. The third kappa shape index (κ3) is 2.41. The second-order valence-electron chi connectivity index (χ2n) is 10.5. The molecule has 4 saturated carbocycles. The van der Waals surface area contributed by atoms with Crippen LogP contribution < -0.4 is 0 Å². The van der Waals surface area contributed by atoms with Crippen molar-refractivity contribution >= 4 is 5.78 Å².